The minimum Gasteiger partial charge on any atom is -0.478 e. The zero-order valence-electron chi connectivity index (χ0n) is 18.2. The quantitative estimate of drug-likeness (QED) is 0.0924. The highest BCUT2D eigenvalue weighted by Crippen LogP contribution is 2.26. The average molecular weight is 532 g/mol. The molecule has 19 heteroatoms. The number of oxime groups is 1. The molecule has 7 N–H and O–H groups in total. The molecular formula is C16H21N9O8S2. The monoisotopic (exact) mass is 531 g/mol. The number of nitrogens with zero attached hydrogens (tertiary/aromatic N) is 6. The summed E-state index contributed by atoms with van der Waals surface area (Å²) in [6.07, 6.45) is 1.16. The van der Waals surface area contributed by atoms with E-state index in [4.69, 9.17) is 16.3 Å². The van der Waals surface area contributed by atoms with Gasteiger partial charge in [0, 0.05) is 5.38 Å². The lowest BCUT2D eigenvalue weighted by Crippen LogP contribution is -2.73. The van der Waals surface area contributed by atoms with Crippen molar-refractivity contribution in [2.24, 2.45) is 10.9 Å². The zero-order valence-corrected chi connectivity index (χ0v) is 19.9. The van der Waals surface area contributed by atoms with E-state index in [0.29, 0.717) is 0 Å². The van der Waals surface area contributed by atoms with Crippen molar-refractivity contribution in [3.05, 3.63) is 23.2 Å². The molecule has 0 radical (unpaired) electrons. The lowest BCUT2D eigenvalue weighted by molar-refractivity contribution is -0.161. The van der Waals surface area contributed by atoms with Crippen molar-refractivity contribution >= 4 is 50.3 Å². The van der Waals surface area contributed by atoms with Gasteiger partial charge in [0.05, 0.1) is 19.1 Å². The molecule has 1 aliphatic rings. The minimum absolute atomic E-state index is 0.0533. The number of rotatable bonds is 10. The summed E-state index contributed by atoms with van der Waals surface area (Å²) < 4.78 is 34.3. The third-order valence-electron chi connectivity index (χ3n) is 4.80. The molecule has 2 atom stereocenters. The molecule has 0 spiro atoms. The molecule has 17 nitrogen and oxygen atoms in total. The number of hydrogen-bond donors (Lipinski definition) is 5. The molecule has 35 heavy (non-hydrogen) atoms. The fraction of sp³-hybridized carbons (Fsp3) is 0.438. The Bertz CT molecular complexity index is 1290. The van der Waals surface area contributed by atoms with Gasteiger partial charge < -0.3 is 26.7 Å². The van der Waals surface area contributed by atoms with E-state index >= 15 is 0 Å². The summed E-state index contributed by atoms with van der Waals surface area (Å²) in [5.41, 5.74) is 8.74. The normalized spacial score (nSPS) is 18.8. The summed E-state index contributed by atoms with van der Waals surface area (Å²) in [7, 11) is -4.97. The van der Waals surface area contributed by atoms with Gasteiger partial charge in [-0.25, -0.2) is 23.7 Å². The highest BCUT2D eigenvalue weighted by atomic mass is 32.2. The van der Waals surface area contributed by atoms with Gasteiger partial charge in [-0.3, -0.25) is 14.1 Å². The van der Waals surface area contributed by atoms with Crippen LogP contribution in [0.5, 0.6) is 0 Å². The number of carbonyl (C=O) groups is 3. The number of thiazole rings is 1. The number of amides is 2. The summed E-state index contributed by atoms with van der Waals surface area (Å²) >= 11 is 0.956. The van der Waals surface area contributed by atoms with Crippen LogP contribution in [0.25, 0.3) is 0 Å². The Morgan fingerprint density at radius 2 is 2.09 bits per heavy atom. The van der Waals surface area contributed by atoms with Crippen molar-refractivity contribution < 1.29 is 37.3 Å². The van der Waals surface area contributed by atoms with Crippen LogP contribution in [0.15, 0.2) is 16.9 Å². The van der Waals surface area contributed by atoms with E-state index in [9.17, 15) is 32.5 Å². The first-order valence-electron chi connectivity index (χ1n) is 9.65. The number of carboxylic acids is 1. The molecule has 1 fully saturated rings. The van der Waals surface area contributed by atoms with Crippen LogP contribution in [0.2, 0.25) is 0 Å². The summed E-state index contributed by atoms with van der Waals surface area (Å²) in [5.74, 6) is -3.30. The number of β-lactam (4-membered cyclic amide) rings is 1. The first-order chi connectivity index (χ1) is 16.3. The van der Waals surface area contributed by atoms with Crippen molar-refractivity contribution in [1.29, 1.82) is 0 Å². The van der Waals surface area contributed by atoms with Gasteiger partial charge in [-0.2, -0.15) is 13.5 Å². The van der Waals surface area contributed by atoms with E-state index in [1.54, 1.807) is 0 Å². The second-order valence-electron chi connectivity index (χ2n) is 7.61. The van der Waals surface area contributed by atoms with Crippen LogP contribution in [0.1, 0.15) is 25.4 Å². The largest absolute Gasteiger partial charge is 0.478 e. The highest BCUT2D eigenvalue weighted by molar-refractivity contribution is 7.84. The maximum Gasteiger partial charge on any atom is 0.362 e. The molecular weight excluding hydrogens is 510 g/mol. The number of aliphatic carboxylic acids is 1. The number of hydrogen-bond acceptors (Lipinski definition) is 13. The van der Waals surface area contributed by atoms with Gasteiger partial charge in [-0.05, 0) is 13.8 Å². The van der Waals surface area contributed by atoms with Crippen molar-refractivity contribution in [2.75, 3.05) is 5.73 Å². The van der Waals surface area contributed by atoms with Crippen LogP contribution >= 0.6 is 11.3 Å². The topological polar surface area (TPSA) is 258 Å². The molecule has 1 aliphatic heterocycles. The predicted octanol–water partition coefficient (Wildman–Crippen LogP) is -2.44. The lowest BCUT2D eigenvalue weighted by Gasteiger charge is -2.44. The van der Waals surface area contributed by atoms with Crippen LogP contribution in [0.4, 0.5) is 5.13 Å². The van der Waals surface area contributed by atoms with Crippen LogP contribution in [0, 0.1) is 0 Å². The molecule has 1 saturated heterocycles. The lowest BCUT2D eigenvalue weighted by atomic mass is 9.98. The fourth-order valence-electron chi connectivity index (χ4n) is 2.93. The number of nitrogens with two attached hydrogens (primary N) is 2. The van der Waals surface area contributed by atoms with Gasteiger partial charge in [-0.1, -0.05) is 5.16 Å². The molecule has 2 unspecified atom stereocenters. The molecule has 3 rings (SSSR count). The van der Waals surface area contributed by atoms with Gasteiger partial charge >= 0.3 is 16.3 Å². The molecule has 2 amide bonds. The maximum absolute atomic E-state index is 13.0. The Hall–Kier alpha value is -3.68. The van der Waals surface area contributed by atoms with Crippen molar-refractivity contribution in [1.82, 2.24) is 29.4 Å². The number of aromatic nitrogens is 4. The molecule has 0 aliphatic carbocycles. The standard InChI is InChI=1S/C16H21N9O8S2/c1-16(2,14(28)29)33-23-10(7-5-34-15(18)21-7)12(26)22-11-8(25(13(11)27)35(30,31)32)4-24-9(3-17)19-6-20-24/h5-6,8,11H,3-4,17H2,1-2H3,(H2,18,21)(H,22,26)(H,28,29)(H,30,31,32). The van der Waals surface area contributed by atoms with Crippen LogP contribution in [-0.2, 0) is 42.6 Å². The summed E-state index contributed by atoms with van der Waals surface area (Å²) in [6, 6.07) is -2.75. The Labute approximate surface area is 201 Å². The summed E-state index contributed by atoms with van der Waals surface area (Å²) in [6.45, 7) is 2.03. The maximum atomic E-state index is 13.0. The van der Waals surface area contributed by atoms with Gasteiger partial charge in [-0.15, -0.1) is 11.3 Å². The van der Waals surface area contributed by atoms with E-state index in [2.05, 4.69) is 25.5 Å². The molecule has 2 aromatic heterocycles. The second-order valence-corrected chi connectivity index (χ2v) is 9.79. The first-order valence-corrected chi connectivity index (χ1v) is 11.9. The van der Waals surface area contributed by atoms with Gasteiger partial charge in [0.25, 0.3) is 11.8 Å². The van der Waals surface area contributed by atoms with Gasteiger partial charge in [0.1, 0.15) is 23.9 Å². The number of nitrogens with one attached hydrogen (secondary N) is 1. The van der Waals surface area contributed by atoms with Crippen molar-refractivity contribution in [3.8, 4) is 0 Å². The third kappa shape index (κ3) is 5.37. The Balaban J connectivity index is 1.90. The molecule has 190 valence electrons. The minimum atomic E-state index is -4.97. The molecule has 0 aromatic carbocycles. The highest BCUT2D eigenvalue weighted by Gasteiger charge is 2.54. The second kappa shape index (κ2) is 9.52. The smallest absolute Gasteiger partial charge is 0.362 e. The first kappa shape index (κ1) is 25.9. The Morgan fingerprint density at radius 1 is 1.40 bits per heavy atom. The van der Waals surface area contributed by atoms with Crippen LogP contribution in [-0.4, -0.2) is 83.3 Å². The fourth-order valence-corrected chi connectivity index (χ4v) is 4.35. The van der Waals surface area contributed by atoms with Crippen molar-refractivity contribution in [3.63, 3.8) is 0 Å². The molecule has 0 saturated carbocycles. The summed E-state index contributed by atoms with van der Waals surface area (Å²) in [4.78, 5) is 49.7. The average Bonchev–Trinajstić information content (AvgIpc) is 3.39. The van der Waals surface area contributed by atoms with Gasteiger partial charge in [0.2, 0.25) is 5.60 Å². The van der Waals surface area contributed by atoms with Gasteiger partial charge in [0.15, 0.2) is 10.8 Å². The predicted molar refractivity (Wildman–Crippen MR) is 118 cm³/mol. The number of carbonyl (C=O) groups excluding carboxylic acids is 2. The van der Waals surface area contributed by atoms with E-state index in [0.717, 1.165) is 17.7 Å². The Morgan fingerprint density at radius 3 is 2.63 bits per heavy atom. The number of carboxylic acid groups (broad SMARTS) is 1. The third-order valence-corrected chi connectivity index (χ3v) is 6.42. The van der Waals surface area contributed by atoms with E-state index in [1.807, 2.05) is 0 Å². The van der Waals surface area contributed by atoms with Crippen molar-refractivity contribution in [2.45, 2.75) is 44.6 Å². The van der Waals surface area contributed by atoms with Crippen LogP contribution in [0.3, 0.4) is 0 Å². The number of nitrogen functional groups attached to an aromatic ring is 1. The SMILES string of the molecule is CC(C)(ON=C(C(=O)NC1C(=O)N(S(=O)(=O)O)C1Cn1ncnc1CN)c1csc(N)n1)C(=O)O. The zero-order chi connectivity index (χ0) is 26.1. The molecule has 0 bridgehead atoms. The summed E-state index contributed by atoms with van der Waals surface area (Å²) in [5, 5.41) is 20.4. The van der Waals surface area contributed by atoms with E-state index < -0.39 is 51.5 Å². The molecule has 3 heterocycles. The number of anilines is 1. The molecule has 2 aromatic rings. The van der Waals surface area contributed by atoms with Crippen LogP contribution < -0.4 is 16.8 Å². The Kier molecular flexibility index (Phi) is 7.06. The van der Waals surface area contributed by atoms with E-state index in [1.165, 1.54) is 23.9 Å². The van der Waals surface area contributed by atoms with E-state index in [-0.39, 0.29) is 34.0 Å².